The molecule has 0 radical (unpaired) electrons. The number of nitrogens with one attached hydrogen (secondary N) is 3. The predicted octanol–water partition coefficient (Wildman–Crippen LogP) is 5.75. The number of allylic oxidation sites excluding steroid dienone is 1. The van der Waals surface area contributed by atoms with Gasteiger partial charge in [0.25, 0.3) is 0 Å². The molecular weight excluding hydrogens is 707 g/mol. The number of rotatable bonds is 14. The zero-order valence-corrected chi connectivity index (χ0v) is 33.5. The SMILES string of the molecule is CN1CCSCC1.CNC1CCC(C=O)CC1.CNc1ccc(/C=C(/C=O)OC)cc1.COc1cc2c(cc1OCCCC=O)N=CC(NC=O)CCC2. The van der Waals surface area contributed by atoms with E-state index in [2.05, 4.69) is 44.7 Å². The van der Waals surface area contributed by atoms with Gasteiger partial charge in [0, 0.05) is 68.0 Å². The van der Waals surface area contributed by atoms with Crippen molar-refractivity contribution in [2.24, 2.45) is 10.9 Å². The van der Waals surface area contributed by atoms with E-state index in [0.717, 1.165) is 67.2 Å². The van der Waals surface area contributed by atoms with Crippen LogP contribution in [0.3, 0.4) is 0 Å². The summed E-state index contributed by atoms with van der Waals surface area (Å²) < 4.78 is 15.9. The van der Waals surface area contributed by atoms with Gasteiger partial charge in [-0.15, -0.1) is 0 Å². The summed E-state index contributed by atoms with van der Waals surface area (Å²) in [6.07, 6.45) is 15.1. The number of aliphatic imine (C=N–C) groups is 1. The van der Waals surface area contributed by atoms with Gasteiger partial charge in [0.05, 0.1) is 32.6 Å². The molecule has 1 unspecified atom stereocenters. The van der Waals surface area contributed by atoms with Crippen molar-refractivity contribution in [2.45, 2.75) is 69.9 Å². The molecule has 2 aromatic carbocycles. The predicted molar refractivity (Wildman–Crippen MR) is 221 cm³/mol. The number of methoxy groups -OCH3 is 2. The zero-order valence-electron chi connectivity index (χ0n) is 32.7. The fourth-order valence-electron chi connectivity index (χ4n) is 5.75. The van der Waals surface area contributed by atoms with Crippen molar-refractivity contribution in [3.05, 3.63) is 53.3 Å². The lowest BCUT2D eigenvalue weighted by atomic mass is 9.87. The highest BCUT2D eigenvalue weighted by Crippen LogP contribution is 2.36. The molecule has 1 saturated carbocycles. The quantitative estimate of drug-likeness (QED) is 0.0935. The molecule has 54 heavy (non-hydrogen) atoms. The highest BCUT2D eigenvalue weighted by molar-refractivity contribution is 7.99. The van der Waals surface area contributed by atoms with Crippen LogP contribution in [0.2, 0.25) is 0 Å². The van der Waals surface area contributed by atoms with Crippen molar-refractivity contribution in [1.82, 2.24) is 15.5 Å². The molecule has 12 nitrogen and oxygen atoms in total. The van der Waals surface area contributed by atoms with E-state index in [9.17, 15) is 19.2 Å². The Bertz CT molecular complexity index is 1430. The van der Waals surface area contributed by atoms with Gasteiger partial charge in [0.2, 0.25) is 6.41 Å². The van der Waals surface area contributed by atoms with Gasteiger partial charge >= 0.3 is 0 Å². The van der Waals surface area contributed by atoms with Crippen LogP contribution >= 0.6 is 11.8 Å². The molecule has 2 aliphatic heterocycles. The third-order valence-electron chi connectivity index (χ3n) is 9.19. The summed E-state index contributed by atoms with van der Waals surface area (Å²) in [6, 6.07) is 12.1. The summed E-state index contributed by atoms with van der Waals surface area (Å²) in [6.45, 7) is 3.02. The van der Waals surface area contributed by atoms with Crippen LogP contribution < -0.4 is 25.4 Å². The maximum atomic E-state index is 10.6. The molecule has 1 atom stereocenters. The molecule has 5 rings (SSSR count). The van der Waals surface area contributed by atoms with Gasteiger partial charge in [-0.3, -0.25) is 14.6 Å². The number of hydrogen-bond acceptors (Lipinski definition) is 12. The fraction of sp³-hybridized carbons (Fsp3) is 0.537. The van der Waals surface area contributed by atoms with E-state index >= 15 is 0 Å². The molecule has 2 heterocycles. The molecule has 1 aliphatic carbocycles. The van der Waals surface area contributed by atoms with Crippen LogP contribution in [0, 0.1) is 5.92 Å². The van der Waals surface area contributed by atoms with Gasteiger partial charge in [-0.05, 0) is 101 Å². The van der Waals surface area contributed by atoms with E-state index in [1.165, 1.54) is 44.5 Å². The second-order valence-corrected chi connectivity index (χ2v) is 14.3. The van der Waals surface area contributed by atoms with Crippen molar-refractivity contribution in [3.8, 4) is 11.5 Å². The maximum absolute atomic E-state index is 10.6. The number of ether oxygens (including phenoxy) is 3. The summed E-state index contributed by atoms with van der Waals surface area (Å²) in [7, 11) is 9.11. The topological polar surface area (TPSA) is 148 Å². The van der Waals surface area contributed by atoms with E-state index in [4.69, 9.17) is 14.2 Å². The van der Waals surface area contributed by atoms with Crippen LogP contribution in [0.15, 0.2) is 47.1 Å². The van der Waals surface area contributed by atoms with Crippen LogP contribution in [-0.2, 0) is 30.3 Å². The Labute approximate surface area is 326 Å². The lowest BCUT2D eigenvalue weighted by molar-refractivity contribution is -0.112. The minimum Gasteiger partial charge on any atom is -0.493 e. The second-order valence-electron chi connectivity index (χ2n) is 13.0. The average molecular weight is 768 g/mol. The number of carbonyl (C=O) groups excluding carboxylic acids is 4. The van der Waals surface area contributed by atoms with Crippen LogP contribution in [-0.4, -0.2) is 115 Å². The third-order valence-corrected chi connectivity index (χ3v) is 10.1. The van der Waals surface area contributed by atoms with Crippen LogP contribution in [0.25, 0.3) is 6.08 Å². The second kappa shape index (κ2) is 28.3. The number of thioether (sulfide) groups is 1. The molecule has 0 spiro atoms. The number of benzene rings is 2. The number of anilines is 1. The van der Waals surface area contributed by atoms with Crippen LogP contribution in [0.1, 0.15) is 62.5 Å². The third kappa shape index (κ3) is 18.2. The molecule has 2 fully saturated rings. The first-order valence-corrected chi connectivity index (χ1v) is 19.9. The molecule has 2 aromatic rings. The molecule has 0 aromatic heterocycles. The van der Waals surface area contributed by atoms with Crippen LogP contribution in [0.4, 0.5) is 11.4 Å². The number of aryl methyl sites for hydroxylation is 1. The highest BCUT2D eigenvalue weighted by Gasteiger charge is 2.19. The Morgan fingerprint density at radius 3 is 2.22 bits per heavy atom. The van der Waals surface area contributed by atoms with Crippen molar-refractivity contribution < 1.29 is 33.4 Å². The summed E-state index contributed by atoms with van der Waals surface area (Å²) in [5.41, 5.74) is 3.90. The smallest absolute Gasteiger partial charge is 0.207 e. The molecule has 1 saturated heterocycles. The number of fused-ring (bicyclic) bond motifs is 1. The minimum absolute atomic E-state index is 0.0419. The molecule has 0 bridgehead atoms. The molecule has 13 heteroatoms. The number of carbonyl (C=O) groups is 4. The number of unbranched alkanes of at least 4 members (excludes halogenated alkanes) is 1. The largest absolute Gasteiger partial charge is 0.493 e. The van der Waals surface area contributed by atoms with Crippen LogP contribution in [0.5, 0.6) is 11.5 Å². The van der Waals surface area contributed by atoms with Gasteiger partial charge in [0.15, 0.2) is 23.5 Å². The van der Waals surface area contributed by atoms with Gasteiger partial charge < -0.3 is 44.6 Å². The van der Waals surface area contributed by atoms with Gasteiger partial charge in [-0.2, -0.15) is 11.8 Å². The first-order valence-electron chi connectivity index (χ1n) is 18.7. The van der Waals surface area contributed by atoms with E-state index in [-0.39, 0.29) is 6.04 Å². The summed E-state index contributed by atoms with van der Waals surface area (Å²) in [4.78, 5) is 48.6. The van der Waals surface area contributed by atoms with E-state index < -0.39 is 0 Å². The Kier molecular flexibility index (Phi) is 24.1. The molecule has 1 amide bonds. The average Bonchev–Trinajstić information content (AvgIpc) is 3.21. The molecule has 3 N–H and O–H groups in total. The van der Waals surface area contributed by atoms with Crippen molar-refractivity contribution >= 4 is 60.7 Å². The van der Waals surface area contributed by atoms with E-state index in [1.807, 2.05) is 50.5 Å². The standard InChI is InChI=1S/C17H22N2O4.C11H13NO2.C8H15NO.C5H11NS/c1-22-16-9-13-5-4-6-14(19-12-21)11-18-15(13)10-17(16)23-8-3-2-7-20;1-12-10-5-3-9(4-6-10)7-11(8-13)14-2;1-9-8-4-2-7(6-10)3-5-8;1-6-2-4-7-5-3-6/h7,9-12,14H,2-6,8H2,1H3,(H,19,21);3-8,12H,1-2H3;6-9H,2-5H2,1H3;2-5H2,1H3/b;11-7-;;. The summed E-state index contributed by atoms with van der Waals surface area (Å²) >= 11 is 2.06. The summed E-state index contributed by atoms with van der Waals surface area (Å²) in [5, 5.41) is 9.00. The number of nitrogens with zero attached hydrogens (tertiary/aromatic N) is 2. The van der Waals surface area contributed by atoms with Gasteiger partial charge in [-0.1, -0.05) is 12.1 Å². The molecule has 3 aliphatic rings. The Morgan fingerprint density at radius 2 is 1.69 bits per heavy atom. The first-order chi connectivity index (χ1) is 26.3. The Balaban J connectivity index is 0.000000275. The monoisotopic (exact) mass is 767 g/mol. The normalized spacial score (nSPS) is 19.4. The highest BCUT2D eigenvalue weighted by atomic mass is 32.2. The van der Waals surface area contributed by atoms with E-state index in [1.54, 1.807) is 19.4 Å². The molecule has 298 valence electrons. The molecular formula is C41H61N5O7S. The van der Waals surface area contributed by atoms with Gasteiger partial charge in [-0.25, -0.2) is 0 Å². The lowest BCUT2D eigenvalue weighted by Gasteiger charge is -2.24. The number of amides is 1. The number of hydrogen-bond donors (Lipinski definition) is 3. The van der Waals surface area contributed by atoms with Crippen molar-refractivity contribution in [3.63, 3.8) is 0 Å². The lowest BCUT2D eigenvalue weighted by Crippen LogP contribution is -2.30. The zero-order chi connectivity index (χ0) is 39.4. The minimum atomic E-state index is -0.0419. The van der Waals surface area contributed by atoms with Crippen molar-refractivity contribution in [1.29, 1.82) is 0 Å². The Morgan fingerprint density at radius 1 is 0.963 bits per heavy atom. The maximum Gasteiger partial charge on any atom is 0.207 e. The summed E-state index contributed by atoms with van der Waals surface area (Å²) in [5.74, 6) is 4.63. The van der Waals surface area contributed by atoms with Gasteiger partial charge in [0.1, 0.15) is 12.6 Å². The van der Waals surface area contributed by atoms with E-state index in [0.29, 0.717) is 61.4 Å². The first kappa shape index (κ1) is 46.0. The van der Waals surface area contributed by atoms with Crippen molar-refractivity contribution in [2.75, 3.05) is 71.9 Å². The number of aldehydes is 3. The fourth-order valence-corrected chi connectivity index (χ4v) is 6.84. The Hall–Kier alpha value is -4.20.